The van der Waals surface area contributed by atoms with Gasteiger partial charge in [-0.1, -0.05) is 37.0 Å². The van der Waals surface area contributed by atoms with Crippen LogP contribution in [-0.2, 0) is 4.79 Å². The van der Waals surface area contributed by atoms with Crippen LogP contribution in [0, 0.1) is 12.3 Å². The standard InChI is InChI=1S/C16H21Cl2NO4/c1-9-6-11(17)12(18)7-10(9)13(21)4-5-19-15(23)14(22)16(2,3)8-20/h6-7,14,20,22H,4-5,8H2,1-3H3,(H,19,23)/t14-/m0/s1. The van der Waals surface area contributed by atoms with Gasteiger partial charge in [0.25, 0.3) is 0 Å². The van der Waals surface area contributed by atoms with E-state index in [0.717, 1.165) is 0 Å². The smallest absolute Gasteiger partial charge is 0.249 e. The van der Waals surface area contributed by atoms with Gasteiger partial charge in [-0.2, -0.15) is 0 Å². The Morgan fingerprint density at radius 3 is 2.39 bits per heavy atom. The lowest BCUT2D eigenvalue weighted by atomic mass is 9.87. The Morgan fingerprint density at radius 1 is 1.26 bits per heavy atom. The fourth-order valence-electron chi connectivity index (χ4n) is 1.92. The summed E-state index contributed by atoms with van der Waals surface area (Å²) >= 11 is 11.8. The number of aliphatic hydroxyl groups is 2. The predicted octanol–water partition coefficient (Wildman–Crippen LogP) is 2.37. The lowest BCUT2D eigenvalue weighted by molar-refractivity contribution is -0.137. The maximum absolute atomic E-state index is 12.2. The van der Waals surface area contributed by atoms with E-state index >= 15 is 0 Å². The number of carbonyl (C=O) groups excluding carboxylic acids is 2. The van der Waals surface area contributed by atoms with Gasteiger partial charge in [0.1, 0.15) is 6.10 Å². The van der Waals surface area contributed by atoms with Gasteiger partial charge in [-0.25, -0.2) is 0 Å². The molecule has 0 aliphatic rings. The zero-order chi connectivity index (χ0) is 17.8. The van der Waals surface area contributed by atoms with Crippen LogP contribution in [0.3, 0.4) is 0 Å². The highest BCUT2D eigenvalue weighted by atomic mass is 35.5. The van der Waals surface area contributed by atoms with Crippen molar-refractivity contribution >= 4 is 34.9 Å². The minimum absolute atomic E-state index is 0.0663. The highest BCUT2D eigenvalue weighted by molar-refractivity contribution is 6.42. The van der Waals surface area contributed by atoms with Crippen molar-refractivity contribution in [1.82, 2.24) is 5.32 Å². The summed E-state index contributed by atoms with van der Waals surface area (Å²) in [6.07, 6.45) is -1.29. The number of carbonyl (C=O) groups is 2. The van der Waals surface area contributed by atoms with Crippen LogP contribution in [0.1, 0.15) is 36.2 Å². The number of benzene rings is 1. The second-order valence-corrected chi connectivity index (χ2v) is 6.91. The monoisotopic (exact) mass is 361 g/mol. The van der Waals surface area contributed by atoms with Crippen molar-refractivity contribution in [2.75, 3.05) is 13.2 Å². The topological polar surface area (TPSA) is 86.6 Å². The molecule has 128 valence electrons. The van der Waals surface area contributed by atoms with Crippen molar-refractivity contribution in [3.63, 3.8) is 0 Å². The van der Waals surface area contributed by atoms with Gasteiger partial charge in [-0.3, -0.25) is 9.59 Å². The average molecular weight is 362 g/mol. The number of ketones is 1. The van der Waals surface area contributed by atoms with Gasteiger partial charge in [0.15, 0.2) is 5.78 Å². The maximum atomic E-state index is 12.2. The van der Waals surface area contributed by atoms with E-state index in [1.807, 2.05) is 0 Å². The molecule has 0 heterocycles. The molecule has 0 unspecified atom stereocenters. The predicted molar refractivity (Wildman–Crippen MR) is 90.0 cm³/mol. The minimum atomic E-state index is -1.35. The van der Waals surface area contributed by atoms with Gasteiger partial charge >= 0.3 is 0 Å². The molecule has 0 spiro atoms. The lowest BCUT2D eigenvalue weighted by Gasteiger charge is -2.27. The van der Waals surface area contributed by atoms with Crippen LogP contribution in [0.5, 0.6) is 0 Å². The molecule has 0 saturated carbocycles. The molecule has 1 amide bonds. The first-order valence-corrected chi connectivity index (χ1v) is 7.91. The third-order valence-electron chi connectivity index (χ3n) is 3.62. The summed E-state index contributed by atoms with van der Waals surface area (Å²) in [6.45, 7) is 4.64. The molecule has 0 aromatic heterocycles. The molecule has 0 aliphatic heterocycles. The average Bonchev–Trinajstić information content (AvgIpc) is 2.49. The number of nitrogens with one attached hydrogen (secondary N) is 1. The zero-order valence-electron chi connectivity index (χ0n) is 13.3. The molecule has 5 nitrogen and oxygen atoms in total. The Labute approximate surface area is 145 Å². The van der Waals surface area contributed by atoms with E-state index in [0.29, 0.717) is 21.2 Å². The molecule has 0 fully saturated rings. The van der Waals surface area contributed by atoms with Crippen LogP contribution in [0.2, 0.25) is 10.0 Å². The Balaban J connectivity index is 2.61. The molecular formula is C16H21Cl2NO4. The van der Waals surface area contributed by atoms with E-state index < -0.39 is 17.4 Å². The SMILES string of the molecule is Cc1cc(Cl)c(Cl)cc1C(=O)CCNC(=O)[C@H](O)C(C)(C)CO. The Morgan fingerprint density at radius 2 is 1.83 bits per heavy atom. The second kappa shape index (κ2) is 8.11. The summed E-state index contributed by atoms with van der Waals surface area (Å²) in [7, 11) is 0. The quantitative estimate of drug-likeness (QED) is 0.650. The van der Waals surface area contributed by atoms with Gasteiger partial charge in [-0.05, 0) is 24.6 Å². The summed E-state index contributed by atoms with van der Waals surface area (Å²) in [5.41, 5.74) is 0.205. The number of rotatable bonds is 7. The van der Waals surface area contributed by atoms with Crippen LogP contribution in [0.25, 0.3) is 0 Å². The first-order chi connectivity index (χ1) is 10.6. The Hall–Kier alpha value is -1.14. The van der Waals surface area contributed by atoms with Crippen molar-refractivity contribution < 1.29 is 19.8 Å². The summed E-state index contributed by atoms with van der Waals surface area (Å²) < 4.78 is 0. The normalized spacial score (nSPS) is 12.8. The third-order valence-corrected chi connectivity index (χ3v) is 4.34. The molecule has 3 N–H and O–H groups in total. The summed E-state index contributed by atoms with van der Waals surface area (Å²) in [6, 6.07) is 3.12. The fourth-order valence-corrected chi connectivity index (χ4v) is 2.30. The van der Waals surface area contributed by atoms with E-state index in [9.17, 15) is 14.7 Å². The molecule has 1 atom stereocenters. The molecule has 7 heteroatoms. The summed E-state index contributed by atoms with van der Waals surface area (Å²) in [4.78, 5) is 24.0. The third kappa shape index (κ3) is 5.18. The molecule has 0 bridgehead atoms. The first kappa shape index (κ1) is 19.9. The van der Waals surface area contributed by atoms with Crippen molar-refractivity contribution in [2.24, 2.45) is 5.41 Å². The highest BCUT2D eigenvalue weighted by Crippen LogP contribution is 2.26. The zero-order valence-corrected chi connectivity index (χ0v) is 14.8. The first-order valence-electron chi connectivity index (χ1n) is 7.15. The van der Waals surface area contributed by atoms with Gasteiger partial charge in [-0.15, -0.1) is 0 Å². The van der Waals surface area contributed by atoms with Gasteiger partial charge < -0.3 is 15.5 Å². The Kier molecular flexibility index (Phi) is 7.02. The van der Waals surface area contributed by atoms with Crippen molar-refractivity contribution in [3.05, 3.63) is 33.3 Å². The molecule has 0 aliphatic carbocycles. The van der Waals surface area contributed by atoms with Gasteiger partial charge in [0, 0.05) is 23.9 Å². The maximum Gasteiger partial charge on any atom is 0.249 e. The van der Waals surface area contributed by atoms with Crippen LogP contribution >= 0.6 is 23.2 Å². The van der Waals surface area contributed by atoms with E-state index in [1.165, 1.54) is 6.07 Å². The van der Waals surface area contributed by atoms with Gasteiger partial charge in [0.05, 0.1) is 16.7 Å². The van der Waals surface area contributed by atoms with Crippen molar-refractivity contribution in [2.45, 2.75) is 33.3 Å². The number of hydrogen-bond acceptors (Lipinski definition) is 4. The van der Waals surface area contributed by atoms with Crippen LogP contribution < -0.4 is 5.32 Å². The molecule has 0 radical (unpaired) electrons. The van der Waals surface area contributed by atoms with Crippen LogP contribution in [-0.4, -0.2) is 41.2 Å². The van der Waals surface area contributed by atoms with E-state index in [2.05, 4.69) is 5.32 Å². The fraction of sp³-hybridized carbons (Fsp3) is 0.500. The van der Waals surface area contributed by atoms with E-state index in [1.54, 1.807) is 26.8 Å². The molecule has 0 saturated heterocycles. The van der Waals surface area contributed by atoms with E-state index in [-0.39, 0.29) is 25.4 Å². The number of amides is 1. The molecule has 1 rings (SSSR count). The van der Waals surface area contributed by atoms with Crippen LogP contribution in [0.15, 0.2) is 12.1 Å². The number of aliphatic hydroxyl groups excluding tert-OH is 2. The summed E-state index contributed by atoms with van der Waals surface area (Å²) in [5, 5.41) is 22.2. The minimum Gasteiger partial charge on any atom is -0.396 e. The number of aryl methyl sites for hydroxylation is 1. The number of Topliss-reactive ketones (excluding diaryl/α,β-unsaturated/α-hetero) is 1. The Bertz CT molecular complexity index is 602. The van der Waals surface area contributed by atoms with Crippen molar-refractivity contribution in [1.29, 1.82) is 0 Å². The number of hydrogen-bond donors (Lipinski definition) is 3. The largest absolute Gasteiger partial charge is 0.396 e. The summed E-state index contributed by atoms with van der Waals surface area (Å²) in [5.74, 6) is -0.806. The lowest BCUT2D eigenvalue weighted by Crippen LogP contribution is -2.46. The molecule has 1 aromatic carbocycles. The second-order valence-electron chi connectivity index (χ2n) is 6.09. The molecule has 23 heavy (non-hydrogen) atoms. The highest BCUT2D eigenvalue weighted by Gasteiger charge is 2.32. The molecular weight excluding hydrogens is 341 g/mol. The van der Waals surface area contributed by atoms with Gasteiger partial charge in [0.2, 0.25) is 5.91 Å². The number of halogens is 2. The van der Waals surface area contributed by atoms with Crippen LogP contribution in [0.4, 0.5) is 0 Å². The van der Waals surface area contributed by atoms with E-state index in [4.69, 9.17) is 28.3 Å². The molecule has 1 aromatic rings. The van der Waals surface area contributed by atoms with Crippen molar-refractivity contribution in [3.8, 4) is 0 Å².